The number of fused-ring (bicyclic) bond motifs is 1. The van der Waals surface area contributed by atoms with Gasteiger partial charge in [-0.2, -0.15) is 0 Å². The topological polar surface area (TPSA) is 79.4 Å². The second kappa shape index (κ2) is 10.7. The van der Waals surface area contributed by atoms with E-state index >= 15 is 0 Å². The number of carbonyl (C=O) groups excluding carboxylic acids is 3. The van der Waals surface area contributed by atoms with Gasteiger partial charge < -0.3 is 24.2 Å². The van der Waals surface area contributed by atoms with Crippen molar-refractivity contribution in [3.63, 3.8) is 0 Å². The molecule has 0 aromatic heterocycles. The molecule has 184 valence electrons. The standard InChI is InChI=1S/C25H33N3O5S/c1-4-33-25(31)28-13-11-27(12-14-28)23(29)18-7-10-21-20(16-18)26(2)24(30)22(34-21)15-17-5-8-19(32-3)9-6-17/h5-6,8-9,15,18,20-21H,4,7,10-14,16H2,1-3H3/b22-15-. The van der Waals surface area contributed by atoms with E-state index in [2.05, 4.69) is 0 Å². The van der Waals surface area contributed by atoms with Crippen molar-refractivity contribution < 1.29 is 23.9 Å². The van der Waals surface area contributed by atoms with Crippen LogP contribution in [0.2, 0.25) is 0 Å². The summed E-state index contributed by atoms with van der Waals surface area (Å²) in [6.45, 7) is 4.19. The molecule has 8 nitrogen and oxygen atoms in total. The second-order valence-corrected chi connectivity index (χ2v) is 10.2. The number of hydrogen-bond donors (Lipinski definition) is 0. The van der Waals surface area contributed by atoms with E-state index in [9.17, 15) is 14.4 Å². The number of rotatable bonds is 4. The van der Waals surface area contributed by atoms with Crippen LogP contribution in [0.25, 0.3) is 6.08 Å². The van der Waals surface area contributed by atoms with Crippen LogP contribution in [0.15, 0.2) is 29.2 Å². The molecule has 2 saturated heterocycles. The molecule has 0 bridgehead atoms. The van der Waals surface area contributed by atoms with Crippen LogP contribution in [-0.4, -0.2) is 90.8 Å². The Hall–Kier alpha value is -2.68. The molecule has 3 fully saturated rings. The maximum atomic E-state index is 13.2. The Labute approximate surface area is 205 Å². The zero-order valence-electron chi connectivity index (χ0n) is 20.1. The van der Waals surface area contributed by atoms with E-state index in [1.807, 2.05) is 47.2 Å². The summed E-state index contributed by atoms with van der Waals surface area (Å²) in [5.74, 6) is 0.858. The summed E-state index contributed by atoms with van der Waals surface area (Å²) in [6.07, 6.45) is 4.04. The van der Waals surface area contributed by atoms with Crippen LogP contribution in [0.4, 0.5) is 4.79 Å². The highest BCUT2D eigenvalue weighted by Crippen LogP contribution is 2.43. The molecule has 1 aromatic carbocycles. The molecule has 3 atom stereocenters. The van der Waals surface area contributed by atoms with E-state index in [-0.39, 0.29) is 35.1 Å². The van der Waals surface area contributed by atoms with E-state index in [1.165, 1.54) is 0 Å². The number of ether oxygens (including phenoxy) is 2. The zero-order valence-corrected chi connectivity index (χ0v) is 20.9. The Kier molecular flexibility index (Phi) is 7.70. The number of benzene rings is 1. The number of thioether (sulfide) groups is 1. The Morgan fingerprint density at radius 1 is 1.09 bits per heavy atom. The molecule has 1 saturated carbocycles. The Morgan fingerprint density at radius 2 is 1.76 bits per heavy atom. The number of amides is 3. The third kappa shape index (κ3) is 5.19. The summed E-state index contributed by atoms with van der Waals surface area (Å²) < 4.78 is 10.3. The van der Waals surface area contributed by atoms with Crippen molar-refractivity contribution in [3.05, 3.63) is 34.7 Å². The summed E-state index contributed by atoms with van der Waals surface area (Å²) in [6, 6.07) is 7.72. The second-order valence-electron chi connectivity index (χ2n) is 8.94. The molecule has 1 aromatic rings. The van der Waals surface area contributed by atoms with Crippen LogP contribution >= 0.6 is 11.8 Å². The molecule has 3 aliphatic rings. The van der Waals surface area contributed by atoms with E-state index in [0.717, 1.165) is 29.1 Å². The highest BCUT2D eigenvalue weighted by molar-refractivity contribution is 8.04. The average molecular weight is 488 g/mol. The lowest BCUT2D eigenvalue weighted by Crippen LogP contribution is -2.55. The lowest BCUT2D eigenvalue weighted by molar-refractivity contribution is -0.140. The van der Waals surface area contributed by atoms with Crippen molar-refractivity contribution in [3.8, 4) is 5.75 Å². The highest BCUT2D eigenvalue weighted by Gasteiger charge is 2.43. The zero-order chi connectivity index (χ0) is 24.2. The van der Waals surface area contributed by atoms with Gasteiger partial charge in [-0.1, -0.05) is 12.1 Å². The van der Waals surface area contributed by atoms with Crippen LogP contribution in [0, 0.1) is 5.92 Å². The molecular formula is C25H33N3O5S. The molecule has 0 spiro atoms. The summed E-state index contributed by atoms with van der Waals surface area (Å²) in [5.41, 5.74) is 0.967. The van der Waals surface area contributed by atoms with Gasteiger partial charge in [0.2, 0.25) is 5.91 Å². The van der Waals surface area contributed by atoms with Gasteiger partial charge in [-0.25, -0.2) is 4.79 Å². The van der Waals surface area contributed by atoms with Crippen LogP contribution in [0.5, 0.6) is 5.75 Å². The van der Waals surface area contributed by atoms with E-state index in [0.29, 0.717) is 39.2 Å². The van der Waals surface area contributed by atoms with Crippen LogP contribution in [0.3, 0.4) is 0 Å². The van der Waals surface area contributed by atoms with Crippen LogP contribution < -0.4 is 4.74 Å². The number of nitrogens with zero attached hydrogens (tertiary/aromatic N) is 3. The quantitative estimate of drug-likeness (QED) is 0.608. The molecule has 4 rings (SSSR count). The fourth-order valence-corrected chi connectivity index (χ4v) is 6.44. The first-order valence-electron chi connectivity index (χ1n) is 11.9. The largest absolute Gasteiger partial charge is 0.497 e. The summed E-state index contributed by atoms with van der Waals surface area (Å²) in [7, 11) is 3.49. The minimum absolute atomic E-state index is 0.0122. The summed E-state index contributed by atoms with van der Waals surface area (Å²) in [5, 5.41) is 0.289. The normalized spacial score (nSPS) is 26.3. The first kappa shape index (κ1) is 24.4. The van der Waals surface area contributed by atoms with Gasteiger partial charge in [0, 0.05) is 50.4 Å². The smallest absolute Gasteiger partial charge is 0.409 e. The van der Waals surface area contributed by atoms with Crippen molar-refractivity contribution in [1.29, 1.82) is 0 Å². The lowest BCUT2D eigenvalue weighted by Gasteiger charge is -2.45. The van der Waals surface area contributed by atoms with E-state index in [4.69, 9.17) is 9.47 Å². The van der Waals surface area contributed by atoms with Crippen molar-refractivity contribution in [2.75, 3.05) is 46.9 Å². The molecule has 9 heteroatoms. The molecule has 1 aliphatic carbocycles. The van der Waals surface area contributed by atoms with Crippen molar-refractivity contribution in [2.45, 2.75) is 37.5 Å². The number of methoxy groups -OCH3 is 1. The lowest BCUT2D eigenvalue weighted by atomic mass is 9.83. The fraction of sp³-hybridized carbons (Fsp3) is 0.560. The average Bonchev–Trinajstić information content (AvgIpc) is 2.87. The van der Waals surface area contributed by atoms with Crippen molar-refractivity contribution in [1.82, 2.24) is 14.7 Å². The molecule has 3 unspecified atom stereocenters. The summed E-state index contributed by atoms with van der Waals surface area (Å²) >= 11 is 1.65. The van der Waals surface area contributed by atoms with Gasteiger partial charge in [0.1, 0.15) is 5.75 Å². The SMILES string of the molecule is CCOC(=O)N1CCN(C(=O)C2CCC3S/C(=C\c4ccc(OC)cc4)C(=O)N(C)C3C2)CC1. The van der Waals surface area contributed by atoms with Gasteiger partial charge in [-0.15, -0.1) is 11.8 Å². The highest BCUT2D eigenvalue weighted by atomic mass is 32.2. The first-order valence-corrected chi connectivity index (χ1v) is 12.8. The third-order valence-corrected chi connectivity index (χ3v) is 8.34. The van der Waals surface area contributed by atoms with E-state index < -0.39 is 0 Å². The Bertz CT molecular complexity index is 942. The predicted molar refractivity (Wildman–Crippen MR) is 131 cm³/mol. The van der Waals surface area contributed by atoms with Crippen molar-refractivity contribution in [2.24, 2.45) is 5.92 Å². The van der Waals surface area contributed by atoms with Crippen LogP contribution in [-0.2, 0) is 14.3 Å². The third-order valence-electron chi connectivity index (χ3n) is 6.94. The number of likely N-dealkylation sites (N-methyl/N-ethyl adjacent to an activating group) is 1. The number of piperazine rings is 1. The molecule has 3 amide bonds. The monoisotopic (exact) mass is 487 g/mol. The fourth-order valence-electron chi connectivity index (χ4n) is 4.96. The molecule has 2 aliphatic heterocycles. The van der Waals surface area contributed by atoms with Gasteiger partial charge in [0.05, 0.1) is 18.6 Å². The number of carbonyl (C=O) groups is 3. The Balaban J connectivity index is 1.36. The van der Waals surface area contributed by atoms with E-state index in [1.54, 1.807) is 30.7 Å². The molecule has 0 N–H and O–H groups in total. The van der Waals surface area contributed by atoms with Gasteiger partial charge in [0.15, 0.2) is 0 Å². The number of hydrogen-bond acceptors (Lipinski definition) is 6. The molecular weight excluding hydrogens is 454 g/mol. The summed E-state index contributed by atoms with van der Waals surface area (Å²) in [4.78, 5) is 44.4. The Morgan fingerprint density at radius 3 is 2.41 bits per heavy atom. The molecule has 2 heterocycles. The minimum Gasteiger partial charge on any atom is -0.497 e. The minimum atomic E-state index is -0.312. The van der Waals surface area contributed by atoms with Gasteiger partial charge in [-0.05, 0) is 50.0 Å². The molecule has 34 heavy (non-hydrogen) atoms. The predicted octanol–water partition coefficient (Wildman–Crippen LogP) is 3.08. The maximum Gasteiger partial charge on any atom is 0.409 e. The van der Waals surface area contributed by atoms with Crippen LogP contribution in [0.1, 0.15) is 31.7 Å². The van der Waals surface area contributed by atoms with Crippen molar-refractivity contribution >= 4 is 35.7 Å². The maximum absolute atomic E-state index is 13.2. The van der Waals surface area contributed by atoms with Gasteiger partial charge >= 0.3 is 6.09 Å². The molecule has 0 radical (unpaired) electrons. The van der Waals surface area contributed by atoms with Gasteiger partial charge in [-0.3, -0.25) is 9.59 Å². The van der Waals surface area contributed by atoms with Gasteiger partial charge in [0.25, 0.3) is 5.91 Å². The first-order chi connectivity index (χ1) is 16.4.